The van der Waals surface area contributed by atoms with E-state index >= 15 is 0 Å². The topological polar surface area (TPSA) is 46.6 Å². The molecule has 130 valence electrons. The second-order valence-electron chi connectivity index (χ2n) is 5.21. The van der Waals surface area contributed by atoms with Gasteiger partial charge in [0.2, 0.25) is 10.0 Å². The molecule has 0 saturated carbocycles. The Balaban J connectivity index is 2.00. The lowest BCUT2D eigenvalue weighted by Gasteiger charge is -2.17. The SMILES string of the molecule is CN(c1ccc(OCc2ccc(C(F)(F)F)cc2)cc1)S(C)(=O)=O. The van der Waals surface area contributed by atoms with Crippen LogP contribution in [0, 0.1) is 0 Å². The quantitative estimate of drug-likeness (QED) is 0.818. The van der Waals surface area contributed by atoms with Crippen molar-refractivity contribution in [1.29, 1.82) is 0 Å². The Morgan fingerprint density at radius 3 is 2.00 bits per heavy atom. The summed E-state index contributed by atoms with van der Waals surface area (Å²) >= 11 is 0. The number of nitrogens with zero attached hydrogens (tertiary/aromatic N) is 1. The van der Waals surface area contributed by atoms with Crippen LogP contribution in [0.1, 0.15) is 11.1 Å². The number of hydrogen-bond donors (Lipinski definition) is 0. The minimum absolute atomic E-state index is 0.111. The first-order valence-corrected chi connectivity index (χ1v) is 8.75. The molecule has 0 aliphatic rings. The third-order valence-corrected chi connectivity index (χ3v) is 4.59. The van der Waals surface area contributed by atoms with Crippen LogP contribution < -0.4 is 9.04 Å². The molecule has 0 N–H and O–H groups in total. The van der Waals surface area contributed by atoms with E-state index in [9.17, 15) is 21.6 Å². The largest absolute Gasteiger partial charge is 0.489 e. The summed E-state index contributed by atoms with van der Waals surface area (Å²) in [6.45, 7) is 0.111. The summed E-state index contributed by atoms with van der Waals surface area (Å²) in [5, 5.41) is 0. The summed E-state index contributed by atoms with van der Waals surface area (Å²) in [5.41, 5.74) is 0.374. The van der Waals surface area contributed by atoms with Crippen LogP contribution in [-0.4, -0.2) is 21.7 Å². The van der Waals surface area contributed by atoms with Crippen molar-refractivity contribution >= 4 is 15.7 Å². The number of anilines is 1. The van der Waals surface area contributed by atoms with E-state index in [1.54, 1.807) is 24.3 Å². The zero-order chi connectivity index (χ0) is 18.0. The van der Waals surface area contributed by atoms with Gasteiger partial charge in [0, 0.05) is 7.05 Å². The van der Waals surface area contributed by atoms with E-state index in [1.807, 2.05) is 0 Å². The molecule has 8 heteroatoms. The molecule has 4 nitrogen and oxygen atoms in total. The second kappa shape index (κ2) is 6.72. The summed E-state index contributed by atoms with van der Waals surface area (Å²) < 4.78 is 66.9. The molecule has 0 amide bonds. The molecule has 2 aromatic rings. The van der Waals surface area contributed by atoms with Crippen LogP contribution in [0.3, 0.4) is 0 Å². The van der Waals surface area contributed by atoms with Crippen molar-refractivity contribution in [3.05, 3.63) is 59.7 Å². The number of benzene rings is 2. The Morgan fingerprint density at radius 1 is 1.00 bits per heavy atom. The smallest absolute Gasteiger partial charge is 0.416 e. The molecule has 0 aliphatic carbocycles. The van der Waals surface area contributed by atoms with Gasteiger partial charge in [-0.25, -0.2) is 8.42 Å². The molecule has 0 heterocycles. The highest BCUT2D eigenvalue weighted by Crippen LogP contribution is 2.29. The fourth-order valence-electron chi connectivity index (χ4n) is 1.90. The number of alkyl halides is 3. The molecule has 0 bridgehead atoms. The van der Waals surface area contributed by atoms with Gasteiger partial charge in [-0.05, 0) is 42.0 Å². The van der Waals surface area contributed by atoms with Gasteiger partial charge in [0.05, 0.1) is 17.5 Å². The van der Waals surface area contributed by atoms with Gasteiger partial charge < -0.3 is 4.74 Å². The summed E-state index contributed by atoms with van der Waals surface area (Å²) in [5.74, 6) is 0.487. The van der Waals surface area contributed by atoms with Crippen LogP contribution >= 0.6 is 0 Å². The van der Waals surface area contributed by atoms with E-state index in [1.165, 1.54) is 19.2 Å². The van der Waals surface area contributed by atoms with E-state index in [-0.39, 0.29) is 6.61 Å². The molecular formula is C16H16F3NO3S. The summed E-state index contributed by atoms with van der Waals surface area (Å²) in [6.07, 6.45) is -3.26. The van der Waals surface area contributed by atoms with Gasteiger partial charge in [-0.2, -0.15) is 13.2 Å². The first-order valence-electron chi connectivity index (χ1n) is 6.90. The number of halogens is 3. The van der Waals surface area contributed by atoms with Crippen LogP contribution in [0.2, 0.25) is 0 Å². The second-order valence-corrected chi connectivity index (χ2v) is 7.22. The minimum atomic E-state index is -4.36. The summed E-state index contributed by atoms with van der Waals surface area (Å²) in [6, 6.07) is 11.1. The summed E-state index contributed by atoms with van der Waals surface area (Å²) in [7, 11) is -1.90. The third-order valence-electron chi connectivity index (χ3n) is 3.38. The highest BCUT2D eigenvalue weighted by atomic mass is 32.2. The highest BCUT2D eigenvalue weighted by molar-refractivity contribution is 7.92. The number of sulfonamides is 1. The van der Waals surface area contributed by atoms with Gasteiger partial charge in [-0.3, -0.25) is 4.31 Å². The lowest BCUT2D eigenvalue weighted by Crippen LogP contribution is -2.24. The molecule has 0 aromatic heterocycles. The fraction of sp³-hybridized carbons (Fsp3) is 0.250. The maximum absolute atomic E-state index is 12.5. The van der Waals surface area contributed by atoms with E-state index in [0.29, 0.717) is 17.0 Å². The van der Waals surface area contributed by atoms with Gasteiger partial charge in [-0.1, -0.05) is 12.1 Å². The number of ether oxygens (including phenoxy) is 1. The molecule has 0 atom stereocenters. The molecule has 24 heavy (non-hydrogen) atoms. The minimum Gasteiger partial charge on any atom is -0.489 e. The van der Waals surface area contributed by atoms with Crippen molar-refractivity contribution in [3.63, 3.8) is 0 Å². The summed E-state index contributed by atoms with van der Waals surface area (Å²) in [4.78, 5) is 0. The Bertz CT molecular complexity index is 785. The predicted octanol–water partition coefficient (Wildman–Crippen LogP) is 3.68. The number of rotatable bonds is 5. The normalized spacial score (nSPS) is 12.0. The fourth-order valence-corrected chi connectivity index (χ4v) is 2.41. The van der Waals surface area contributed by atoms with Gasteiger partial charge in [0.15, 0.2) is 0 Å². The lowest BCUT2D eigenvalue weighted by molar-refractivity contribution is -0.137. The van der Waals surface area contributed by atoms with E-state index < -0.39 is 21.8 Å². The maximum Gasteiger partial charge on any atom is 0.416 e. The van der Waals surface area contributed by atoms with Gasteiger partial charge >= 0.3 is 6.18 Å². The molecule has 0 unspecified atom stereocenters. The van der Waals surface area contributed by atoms with E-state index in [2.05, 4.69) is 0 Å². The van der Waals surface area contributed by atoms with Gasteiger partial charge in [0.1, 0.15) is 12.4 Å². The Kier molecular flexibility index (Phi) is 5.08. The van der Waals surface area contributed by atoms with Gasteiger partial charge in [0.25, 0.3) is 0 Å². The van der Waals surface area contributed by atoms with Crippen molar-refractivity contribution in [2.24, 2.45) is 0 Å². The van der Waals surface area contributed by atoms with Crippen LogP contribution in [0.5, 0.6) is 5.75 Å². The first-order chi connectivity index (χ1) is 11.1. The van der Waals surface area contributed by atoms with Crippen LogP contribution in [0.15, 0.2) is 48.5 Å². The predicted molar refractivity (Wildman–Crippen MR) is 85.5 cm³/mol. The molecule has 2 aromatic carbocycles. The van der Waals surface area contributed by atoms with Crippen LogP contribution in [0.25, 0.3) is 0 Å². The van der Waals surface area contributed by atoms with Crippen molar-refractivity contribution in [1.82, 2.24) is 0 Å². The molecule has 0 radical (unpaired) electrons. The van der Waals surface area contributed by atoms with Gasteiger partial charge in [-0.15, -0.1) is 0 Å². The van der Waals surface area contributed by atoms with Crippen molar-refractivity contribution in [3.8, 4) is 5.75 Å². The molecular weight excluding hydrogens is 343 g/mol. The average molecular weight is 359 g/mol. The van der Waals surface area contributed by atoms with Crippen molar-refractivity contribution in [2.45, 2.75) is 12.8 Å². The zero-order valence-electron chi connectivity index (χ0n) is 13.0. The molecule has 0 aliphatic heterocycles. The average Bonchev–Trinajstić information content (AvgIpc) is 2.51. The molecule has 0 fully saturated rings. The standard InChI is InChI=1S/C16H16F3NO3S/c1-20(24(2,21)22)14-7-9-15(10-8-14)23-11-12-3-5-13(6-4-12)16(17,18)19/h3-10H,11H2,1-2H3. The van der Waals surface area contributed by atoms with E-state index in [4.69, 9.17) is 4.74 Å². The maximum atomic E-state index is 12.5. The third kappa shape index (κ3) is 4.64. The molecule has 0 saturated heterocycles. The molecule has 0 spiro atoms. The Labute approximate surface area is 138 Å². The van der Waals surface area contributed by atoms with Crippen molar-refractivity contribution in [2.75, 3.05) is 17.6 Å². The lowest BCUT2D eigenvalue weighted by atomic mass is 10.1. The van der Waals surface area contributed by atoms with Crippen LogP contribution in [-0.2, 0) is 22.8 Å². The Hall–Kier alpha value is -2.22. The Morgan fingerprint density at radius 2 is 1.54 bits per heavy atom. The monoisotopic (exact) mass is 359 g/mol. The van der Waals surface area contributed by atoms with Crippen LogP contribution in [0.4, 0.5) is 18.9 Å². The first kappa shape index (κ1) is 18.1. The van der Waals surface area contributed by atoms with Crippen molar-refractivity contribution < 1.29 is 26.3 Å². The molecule has 2 rings (SSSR count). The highest BCUT2D eigenvalue weighted by Gasteiger charge is 2.29. The van der Waals surface area contributed by atoms with E-state index in [0.717, 1.165) is 22.7 Å². The number of hydrogen-bond acceptors (Lipinski definition) is 3. The zero-order valence-corrected chi connectivity index (χ0v) is 13.9.